The summed E-state index contributed by atoms with van der Waals surface area (Å²) in [6.45, 7) is 1.38. The Kier molecular flexibility index (Phi) is 5.90. The highest BCUT2D eigenvalue weighted by atomic mass is 79.9. The molecule has 1 atom stereocenters. The van der Waals surface area contributed by atoms with Crippen molar-refractivity contribution in [3.63, 3.8) is 0 Å². The van der Waals surface area contributed by atoms with Gasteiger partial charge in [0.1, 0.15) is 4.83 Å². The van der Waals surface area contributed by atoms with Crippen molar-refractivity contribution < 1.29 is 35.7 Å². The van der Waals surface area contributed by atoms with Crippen molar-refractivity contribution in [2.24, 2.45) is 0 Å². The molecule has 0 aromatic rings. The summed E-state index contributed by atoms with van der Waals surface area (Å²) in [6.07, 6.45) is -5.81. The number of hydrogen-bond donors (Lipinski definition) is 0. The first-order valence-corrected chi connectivity index (χ1v) is 7.91. The van der Waals surface area contributed by atoms with Gasteiger partial charge in [0, 0.05) is 10.4 Å². The lowest BCUT2D eigenvalue weighted by Crippen LogP contribution is -2.50. The smallest absolute Gasteiger partial charge is 0.259 e. The van der Waals surface area contributed by atoms with Crippen LogP contribution in [0.4, 0.5) is 30.7 Å². The lowest BCUT2D eigenvalue weighted by Gasteiger charge is -2.29. The van der Waals surface area contributed by atoms with E-state index in [1.807, 2.05) is 0 Å². The molecule has 3 nitrogen and oxygen atoms in total. The molecule has 0 aromatic heterocycles. The van der Waals surface area contributed by atoms with Gasteiger partial charge in [0.15, 0.2) is 0 Å². The summed E-state index contributed by atoms with van der Waals surface area (Å²) in [6, 6.07) is 0. The van der Waals surface area contributed by atoms with E-state index in [0.717, 1.165) is 0 Å². The molecule has 0 N–H and O–H groups in total. The van der Waals surface area contributed by atoms with Gasteiger partial charge in [0.2, 0.25) is 0 Å². The molecule has 0 spiro atoms. The van der Waals surface area contributed by atoms with Gasteiger partial charge in [-0.3, -0.25) is 10.1 Å². The molecule has 23 heavy (non-hydrogen) atoms. The van der Waals surface area contributed by atoms with Crippen LogP contribution in [0.3, 0.4) is 0 Å². The molecule has 0 fully saturated rings. The maximum absolute atomic E-state index is 13.4. The molecule has 1 aliphatic rings. The van der Waals surface area contributed by atoms with Crippen LogP contribution in [0, 0.1) is 16.0 Å². The van der Waals surface area contributed by atoms with Gasteiger partial charge >= 0.3 is 17.4 Å². The van der Waals surface area contributed by atoms with Crippen molar-refractivity contribution in [1.29, 1.82) is 0 Å². The second-order valence-corrected chi connectivity index (χ2v) is 7.16. The van der Waals surface area contributed by atoms with Crippen molar-refractivity contribution in [3.8, 4) is 0 Å². The van der Waals surface area contributed by atoms with Crippen LogP contribution in [-0.4, -0.2) is 27.1 Å². The van der Waals surface area contributed by atoms with Crippen LogP contribution in [-0.2, 0) is 0 Å². The molecule has 0 amide bonds. The third kappa shape index (κ3) is 3.86. The van der Waals surface area contributed by atoms with Crippen LogP contribution in [0.2, 0.25) is 0 Å². The number of nitrogens with zero attached hydrogens (tertiary/aromatic N) is 1. The zero-order valence-corrected chi connectivity index (χ0v) is 14.7. The van der Waals surface area contributed by atoms with Crippen LogP contribution >= 0.6 is 43.6 Å². The highest BCUT2D eigenvalue weighted by Crippen LogP contribution is 2.56. The van der Waals surface area contributed by atoms with Gasteiger partial charge < -0.3 is 0 Å². The third-order valence-corrected chi connectivity index (χ3v) is 5.70. The Hall–Kier alpha value is -0.300. The number of allylic oxidation sites excluding steroid dienone is 3. The van der Waals surface area contributed by atoms with E-state index >= 15 is 0 Å². The number of hydrogen-bond acceptors (Lipinski definition) is 3. The van der Waals surface area contributed by atoms with Crippen LogP contribution in [0.5, 0.6) is 0 Å². The van der Waals surface area contributed by atoms with Crippen molar-refractivity contribution in [2.75, 3.05) is 0 Å². The molecular weight excluding hydrogens is 491 g/mol. The zero-order valence-electron chi connectivity index (χ0n) is 10.7. The first-order valence-electron chi connectivity index (χ1n) is 5.38. The summed E-state index contributed by atoms with van der Waals surface area (Å²) in [5, 5.41) is 5.32. The van der Waals surface area contributed by atoms with E-state index in [9.17, 15) is 40.8 Å². The van der Waals surface area contributed by atoms with Crippen molar-refractivity contribution in [2.45, 2.75) is 29.1 Å². The minimum absolute atomic E-state index is 0.0543. The minimum Gasteiger partial charge on any atom is -0.259 e. The fourth-order valence-corrected chi connectivity index (χ4v) is 4.11. The van der Waals surface area contributed by atoms with Crippen LogP contribution in [0.15, 0.2) is 21.2 Å². The fraction of sp³-hybridized carbons (Fsp3) is 0.500. The van der Waals surface area contributed by atoms with E-state index in [1.54, 1.807) is 0 Å². The maximum atomic E-state index is 13.4. The van der Waals surface area contributed by atoms with Crippen LogP contribution < -0.4 is 0 Å². The summed E-state index contributed by atoms with van der Waals surface area (Å²) in [5.74, 6) is -6.09. The Morgan fingerprint density at radius 3 is 2.09 bits per heavy atom. The molecule has 0 saturated carbocycles. The Morgan fingerprint density at radius 2 is 1.70 bits per heavy atom. The van der Waals surface area contributed by atoms with Gasteiger partial charge in [-0.05, 0) is 17.8 Å². The number of thioether (sulfide) groups is 1. The van der Waals surface area contributed by atoms with Gasteiger partial charge in [-0.15, -0.1) is 0 Å². The van der Waals surface area contributed by atoms with Gasteiger partial charge in [-0.25, -0.2) is 0 Å². The number of rotatable bonds is 4. The highest BCUT2D eigenvalue weighted by Gasteiger charge is 2.74. The maximum Gasteiger partial charge on any atom is 0.460 e. The molecular formula is C10H5Br2F7NO2S. The van der Waals surface area contributed by atoms with Crippen LogP contribution in [0.1, 0.15) is 6.92 Å². The molecule has 0 aromatic carbocycles. The Bertz CT molecular complexity index is 576. The highest BCUT2D eigenvalue weighted by molar-refractivity contribution is 9.12. The Balaban J connectivity index is 3.36. The molecule has 131 valence electrons. The van der Waals surface area contributed by atoms with Gasteiger partial charge in [0.05, 0.1) is 9.83 Å². The number of nitro groups is 1. The summed E-state index contributed by atoms with van der Waals surface area (Å²) in [4.78, 5) is 7.59. The second kappa shape index (κ2) is 6.54. The zero-order chi connectivity index (χ0) is 18.4. The predicted molar refractivity (Wildman–Crippen MR) is 76.2 cm³/mol. The van der Waals surface area contributed by atoms with E-state index in [2.05, 4.69) is 31.9 Å². The topological polar surface area (TPSA) is 43.1 Å². The first kappa shape index (κ1) is 20.7. The van der Waals surface area contributed by atoms with E-state index in [1.165, 1.54) is 6.92 Å². The normalized spacial score (nSPS) is 21.5. The average molecular weight is 496 g/mol. The van der Waals surface area contributed by atoms with Crippen LogP contribution in [0.25, 0.3) is 0 Å². The second-order valence-electron chi connectivity index (χ2n) is 4.24. The van der Waals surface area contributed by atoms with Gasteiger partial charge in [-0.1, -0.05) is 38.8 Å². The monoisotopic (exact) mass is 494 g/mol. The lowest BCUT2D eigenvalue weighted by molar-refractivity contribution is -0.426. The van der Waals surface area contributed by atoms with Crippen molar-refractivity contribution >= 4 is 43.6 Å². The summed E-state index contributed by atoms with van der Waals surface area (Å²) < 4.78 is 89.2. The Labute approximate surface area is 145 Å². The molecule has 13 heteroatoms. The quantitative estimate of drug-likeness (QED) is 0.219. The summed E-state index contributed by atoms with van der Waals surface area (Å²) in [5.41, 5.74) is -0.951. The fourth-order valence-electron chi connectivity index (χ4n) is 1.39. The van der Waals surface area contributed by atoms with E-state index < -0.39 is 49.5 Å². The number of halogens is 9. The molecule has 0 heterocycles. The third-order valence-electron chi connectivity index (χ3n) is 2.66. The van der Waals surface area contributed by atoms with Gasteiger partial charge in [-0.2, -0.15) is 30.7 Å². The molecule has 1 unspecified atom stereocenters. The molecule has 0 bridgehead atoms. The predicted octanol–water partition coefficient (Wildman–Crippen LogP) is 5.65. The molecule has 1 rings (SSSR count). The van der Waals surface area contributed by atoms with E-state index in [0.29, 0.717) is 6.08 Å². The molecule has 0 saturated heterocycles. The van der Waals surface area contributed by atoms with E-state index in [4.69, 9.17) is 0 Å². The molecule has 0 aliphatic heterocycles. The van der Waals surface area contributed by atoms with Crippen molar-refractivity contribution in [1.82, 2.24) is 0 Å². The average Bonchev–Trinajstić information content (AvgIpc) is 2.33. The molecule has 1 aliphatic carbocycles. The standard InChI is InChI=1S/C10H5Br2F7NO2S/c1-3-4(11)2-5(7(6(3)12)20(21)22)23-10(18,19)8(13,14)9(15,16)17/h2,6H,1H3. The van der Waals surface area contributed by atoms with E-state index in [-0.39, 0.29) is 10.4 Å². The van der Waals surface area contributed by atoms with Crippen molar-refractivity contribution in [3.05, 3.63) is 37.2 Å². The lowest BCUT2D eigenvalue weighted by atomic mass is 10.0. The van der Waals surface area contributed by atoms with Gasteiger partial charge in [0.25, 0.3) is 5.70 Å². The largest absolute Gasteiger partial charge is 0.460 e. The first-order chi connectivity index (χ1) is 10.1. The summed E-state index contributed by atoms with van der Waals surface area (Å²) in [7, 11) is 0. The molecule has 1 radical (unpaired) electrons. The Morgan fingerprint density at radius 1 is 1.22 bits per heavy atom. The summed E-state index contributed by atoms with van der Waals surface area (Å²) >= 11 is 4.49. The minimum atomic E-state index is -6.51. The SMILES string of the molecule is C[C]1C(Br)=CC(SC(F)(F)C(F)(F)C(F)(F)F)=C([N+](=O)[O-])C1Br. The number of alkyl halides is 8.